The molecule has 0 amide bonds. The second-order valence-electron chi connectivity index (χ2n) is 4.61. The molecule has 1 aromatic carbocycles. The average molecular weight is 247 g/mol. The van der Waals surface area contributed by atoms with Crippen molar-refractivity contribution in [1.82, 2.24) is 5.32 Å². The van der Waals surface area contributed by atoms with Gasteiger partial charge in [-0.2, -0.15) is 0 Å². The summed E-state index contributed by atoms with van der Waals surface area (Å²) in [6.07, 6.45) is 0. The Kier molecular flexibility index (Phi) is 3.82. The maximum absolute atomic E-state index is 12.8. The first kappa shape index (κ1) is 12.8. The molecule has 3 heteroatoms. The molecule has 2 atom stereocenters. The predicted molar refractivity (Wildman–Crippen MR) is 69.8 cm³/mol. The highest BCUT2D eigenvalue weighted by Crippen LogP contribution is 2.21. The number of hydrogen-bond acceptors (Lipinski definition) is 2. The molecule has 2 unspecified atom stereocenters. The van der Waals surface area contributed by atoms with E-state index in [0.29, 0.717) is 0 Å². The Bertz CT molecular complexity index is 503. The van der Waals surface area contributed by atoms with Crippen LogP contribution in [0.2, 0.25) is 0 Å². The number of halogens is 1. The van der Waals surface area contributed by atoms with E-state index in [4.69, 9.17) is 4.42 Å². The summed E-state index contributed by atoms with van der Waals surface area (Å²) in [6.45, 7) is 6.04. The summed E-state index contributed by atoms with van der Waals surface area (Å²) in [4.78, 5) is 0. The second kappa shape index (κ2) is 5.36. The first-order valence-corrected chi connectivity index (χ1v) is 6.14. The zero-order valence-electron chi connectivity index (χ0n) is 10.9. The zero-order valence-corrected chi connectivity index (χ0v) is 10.9. The average Bonchev–Trinajstić information content (AvgIpc) is 2.76. The first-order chi connectivity index (χ1) is 8.56. The molecule has 1 N–H and O–H groups in total. The van der Waals surface area contributed by atoms with Gasteiger partial charge in [0.15, 0.2) is 0 Å². The van der Waals surface area contributed by atoms with Crippen molar-refractivity contribution in [1.29, 1.82) is 0 Å². The number of hydrogen-bond donors (Lipinski definition) is 1. The highest BCUT2D eigenvalue weighted by Gasteiger charge is 2.13. The summed E-state index contributed by atoms with van der Waals surface area (Å²) in [6, 6.07) is 10.8. The Hall–Kier alpha value is -1.61. The van der Waals surface area contributed by atoms with E-state index in [2.05, 4.69) is 19.2 Å². The molecule has 2 aromatic rings. The lowest BCUT2D eigenvalue weighted by Crippen LogP contribution is -2.22. The minimum absolute atomic E-state index is 0.124. The van der Waals surface area contributed by atoms with E-state index in [1.165, 1.54) is 12.1 Å². The summed E-state index contributed by atoms with van der Waals surface area (Å²) in [5.74, 6) is 1.62. The van der Waals surface area contributed by atoms with Crippen LogP contribution in [0.15, 0.2) is 40.8 Å². The van der Waals surface area contributed by atoms with Gasteiger partial charge >= 0.3 is 0 Å². The number of benzene rings is 1. The van der Waals surface area contributed by atoms with Gasteiger partial charge < -0.3 is 9.73 Å². The Morgan fingerprint density at radius 1 is 1.00 bits per heavy atom. The van der Waals surface area contributed by atoms with Crippen LogP contribution in [-0.2, 0) is 0 Å². The van der Waals surface area contributed by atoms with Crippen LogP contribution in [0.3, 0.4) is 0 Å². The largest absolute Gasteiger partial charge is 0.465 e. The number of furan rings is 1. The fraction of sp³-hybridized carbons (Fsp3) is 0.333. The fourth-order valence-corrected chi connectivity index (χ4v) is 1.99. The van der Waals surface area contributed by atoms with Crippen LogP contribution in [0, 0.1) is 12.7 Å². The van der Waals surface area contributed by atoms with E-state index in [9.17, 15) is 4.39 Å². The highest BCUT2D eigenvalue weighted by molar-refractivity contribution is 5.20. The molecule has 0 aliphatic heterocycles. The van der Waals surface area contributed by atoms with Gasteiger partial charge in [0, 0.05) is 6.04 Å². The molecule has 0 saturated carbocycles. The van der Waals surface area contributed by atoms with Gasteiger partial charge in [-0.05, 0) is 50.6 Å². The van der Waals surface area contributed by atoms with Crippen LogP contribution >= 0.6 is 0 Å². The van der Waals surface area contributed by atoms with Crippen molar-refractivity contribution in [2.75, 3.05) is 0 Å². The van der Waals surface area contributed by atoms with Crippen molar-refractivity contribution < 1.29 is 8.81 Å². The van der Waals surface area contributed by atoms with E-state index in [1.54, 1.807) is 12.1 Å². The minimum atomic E-state index is -0.208. The molecule has 1 aromatic heterocycles. The molecule has 18 heavy (non-hydrogen) atoms. The summed E-state index contributed by atoms with van der Waals surface area (Å²) >= 11 is 0. The molecule has 2 rings (SSSR count). The van der Waals surface area contributed by atoms with Gasteiger partial charge in [-0.1, -0.05) is 12.1 Å². The standard InChI is InChI=1S/C15H18FNO/c1-10-4-9-15(18-10)12(3)17-11(2)13-5-7-14(16)8-6-13/h4-9,11-12,17H,1-3H3. The van der Waals surface area contributed by atoms with Crippen LogP contribution in [0.4, 0.5) is 4.39 Å². The summed E-state index contributed by atoms with van der Waals surface area (Å²) in [5.41, 5.74) is 1.06. The predicted octanol–water partition coefficient (Wildman–Crippen LogP) is 4.14. The Labute approximate surface area is 107 Å². The van der Waals surface area contributed by atoms with Gasteiger partial charge in [0.25, 0.3) is 0 Å². The molecule has 0 fully saturated rings. The van der Waals surface area contributed by atoms with Crippen molar-refractivity contribution in [2.24, 2.45) is 0 Å². The van der Waals surface area contributed by atoms with E-state index >= 15 is 0 Å². The van der Waals surface area contributed by atoms with Gasteiger partial charge in [0.05, 0.1) is 6.04 Å². The summed E-state index contributed by atoms with van der Waals surface area (Å²) in [7, 11) is 0. The number of nitrogens with one attached hydrogen (secondary N) is 1. The lowest BCUT2D eigenvalue weighted by Gasteiger charge is -2.18. The molecule has 1 heterocycles. The number of rotatable bonds is 4. The maximum Gasteiger partial charge on any atom is 0.123 e. The van der Waals surface area contributed by atoms with Gasteiger partial charge in [-0.25, -0.2) is 4.39 Å². The maximum atomic E-state index is 12.8. The van der Waals surface area contributed by atoms with Gasteiger partial charge in [-0.15, -0.1) is 0 Å². The summed E-state index contributed by atoms with van der Waals surface area (Å²) in [5, 5.41) is 3.43. The minimum Gasteiger partial charge on any atom is -0.465 e. The van der Waals surface area contributed by atoms with Gasteiger partial charge in [-0.3, -0.25) is 0 Å². The van der Waals surface area contributed by atoms with Crippen molar-refractivity contribution >= 4 is 0 Å². The molecule has 2 nitrogen and oxygen atoms in total. The molecule has 0 saturated heterocycles. The molecule has 0 radical (unpaired) electrons. The van der Waals surface area contributed by atoms with Crippen LogP contribution in [-0.4, -0.2) is 0 Å². The SMILES string of the molecule is Cc1ccc(C(C)NC(C)c2ccc(F)cc2)o1. The smallest absolute Gasteiger partial charge is 0.123 e. The van der Waals surface area contributed by atoms with Crippen LogP contribution in [0.1, 0.15) is 43.0 Å². The highest BCUT2D eigenvalue weighted by atomic mass is 19.1. The molecule has 0 aliphatic rings. The number of aryl methyl sites for hydroxylation is 1. The van der Waals surface area contributed by atoms with E-state index in [1.807, 2.05) is 19.1 Å². The summed E-state index contributed by atoms with van der Waals surface area (Å²) < 4.78 is 18.4. The lowest BCUT2D eigenvalue weighted by atomic mass is 10.1. The van der Waals surface area contributed by atoms with E-state index in [0.717, 1.165) is 17.1 Å². The topological polar surface area (TPSA) is 25.2 Å². The molecular formula is C15H18FNO. The third-order valence-corrected chi connectivity index (χ3v) is 3.06. The van der Waals surface area contributed by atoms with Crippen molar-refractivity contribution in [3.63, 3.8) is 0 Å². The zero-order chi connectivity index (χ0) is 13.1. The molecule has 0 aliphatic carbocycles. The molecule has 0 bridgehead atoms. The third-order valence-electron chi connectivity index (χ3n) is 3.06. The quantitative estimate of drug-likeness (QED) is 0.878. The lowest BCUT2D eigenvalue weighted by molar-refractivity contribution is 0.392. The molecule has 0 spiro atoms. The monoisotopic (exact) mass is 247 g/mol. The van der Waals surface area contributed by atoms with E-state index < -0.39 is 0 Å². The van der Waals surface area contributed by atoms with E-state index in [-0.39, 0.29) is 17.9 Å². The Morgan fingerprint density at radius 2 is 1.67 bits per heavy atom. The van der Waals surface area contributed by atoms with Gasteiger partial charge in [0.2, 0.25) is 0 Å². The van der Waals surface area contributed by atoms with Crippen LogP contribution in [0.5, 0.6) is 0 Å². The first-order valence-electron chi connectivity index (χ1n) is 6.14. The fourth-order valence-electron chi connectivity index (χ4n) is 1.99. The van der Waals surface area contributed by atoms with Crippen molar-refractivity contribution in [3.8, 4) is 0 Å². The van der Waals surface area contributed by atoms with Crippen molar-refractivity contribution in [2.45, 2.75) is 32.9 Å². The normalized spacial score (nSPS) is 14.4. The second-order valence-corrected chi connectivity index (χ2v) is 4.61. The van der Waals surface area contributed by atoms with Crippen LogP contribution in [0.25, 0.3) is 0 Å². The Balaban J connectivity index is 2.02. The van der Waals surface area contributed by atoms with Crippen LogP contribution < -0.4 is 5.32 Å². The molecule has 96 valence electrons. The molecular weight excluding hydrogens is 229 g/mol. The Morgan fingerprint density at radius 3 is 2.22 bits per heavy atom. The third kappa shape index (κ3) is 2.99. The van der Waals surface area contributed by atoms with Gasteiger partial charge in [0.1, 0.15) is 17.3 Å². The van der Waals surface area contributed by atoms with Crippen molar-refractivity contribution in [3.05, 3.63) is 59.3 Å².